The molecular weight excluding hydrogens is 500 g/mol. The van der Waals surface area contributed by atoms with Gasteiger partial charge in [-0.1, -0.05) is 50.2 Å². The van der Waals surface area contributed by atoms with Gasteiger partial charge in [0.25, 0.3) is 11.5 Å². The minimum absolute atomic E-state index is 0.0360. The van der Waals surface area contributed by atoms with Crippen LogP contribution < -0.4 is 11.3 Å². The van der Waals surface area contributed by atoms with E-state index in [9.17, 15) is 19.5 Å². The van der Waals surface area contributed by atoms with Gasteiger partial charge in [-0.15, -0.1) is 11.3 Å². The Balaban J connectivity index is 2.10. The lowest BCUT2D eigenvalue weighted by Gasteiger charge is -2.35. The second-order valence-electron chi connectivity index (χ2n) is 10.7. The topological polar surface area (TPSA) is 119 Å². The summed E-state index contributed by atoms with van der Waals surface area (Å²) in [7, 11) is 0. The third kappa shape index (κ3) is 5.33. The van der Waals surface area contributed by atoms with Crippen LogP contribution in [0.3, 0.4) is 0 Å². The number of rotatable bonds is 7. The van der Waals surface area contributed by atoms with Gasteiger partial charge in [-0.25, -0.2) is 9.78 Å². The zero-order valence-corrected chi connectivity index (χ0v) is 23.0. The van der Waals surface area contributed by atoms with Crippen LogP contribution in [0.5, 0.6) is 0 Å². The van der Waals surface area contributed by atoms with Crippen LogP contribution in [0.4, 0.5) is 4.79 Å². The number of hydrogen-bond acceptors (Lipinski definition) is 5. The normalized spacial score (nSPS) is 11.7. The lowest BCUT2D eigenvalue weighted by atomic mass is 9.94. The number of benzene rings is 2. The summed E-state index contributed by atoms with van der Waals surface area (Å²) in [6.45, 7) is 10.1. The Kier molecular flexibility index (Phi) is 7.42. The molecule has 198 valence electrons. The molecule has 0 fully saturated rings. The summed E-state index contributed by atoms with van der Waals surface area (Å²) in [6.07, 6.45) is -1.06. The molecule has 38 heavy (non-hydrogen) atoms. The van der Waals surface area contributed by atoms with Crippen molar-refractivity contribution in [2.45, 2.75) is 53.2 Å². The average molecular weight is 533 g/mol. The van der Waals surface area contributed by atoms with E-state index in [0.717, 1.165) is 16.7 Å². The highest BCUT2D eigenvalue weighted by Gasteiger charge is 2.30. The number of carbonyl (C=O) groups is 2. The molecular formula is C29H32N4O4S. The Labute approximate surface area is 225 Å². The van der Waals surface area contributed by atoms with Crippen LogP contribution in [0.1, 0.15) is 50.8 Å². The van der Waals surface area contributed by atoms with Crippen LogP contribution in [-0.2, 0) is 13.1 Å². The van der Waals surface area contributed by atoms with E-state index in [4.69, 9.17) is 5.73 Å². The number of fused-ring (bicyclic) bond motifs is 1. The molecule has 0 saturated heterocycles. The number of carbonyl (C=O) groups excluding carboxylic acids is 1. The Bertz CT molecular complexity index is 1570. The average Bonchev–Trinajstić information content (AvgIpc) is 3.34. The molecule has 3 N–H and O–H groups in total. The molecule has 9 heteroatoms. The summed E-state index contributed by atoms with van der Waals surface area (Å²) in [4.78, 5) is 43.7. The second kappa shape index (κ2) is 10.4. The van der Waals surface area contributed by atoms with Crippen LogP contribution in [-0.4, -0.2) is 37.1 Å². The van der Waals surface area contributed by atoms with Crippen LogP contribution in [0.15, 0.2) is 58.7 Å². The van der Waals surface area contributed by atoms with E-state index in [1.807, 2.05) is 77.1 Å². The summed E-state index contributed by atoms with van der Waals surface area (Å²) in [6, 6.07) is 15.2. The van der Waals surface area contributed by atoms with Crippen LogP contribution in [0.2, 0.25) is 0 Å². The number of hydrogen-bond donors (Lipinski definition) is 2. The minimum atomic E-state index is -1.06. The molecule has 0 aliphatic carbocycles. The molecule has 4 aromatic rings. The van der Waals surface area contributed by atoms with Crippen LogP contribution in [0, 0.1) is 5.92 Å². The zero-order valence-electron chi connectivity index (χ0n) is 22.2. The SMILES string of the molecule is CC(C)Cn1c(CN(C(=O)O)C(C)(C)C)c(-c2ccccc2)c2cc(-c3nc(C(N)=O)cs3)ccc2c1=O. The molecule has 0 aliphatic rings. The van der Waals surface area contributed by atoms with Crippen molar-refractivity contribution in [2.75, 3.05) is 0 Å². The number of aromatic nitrogens is 2. The maximum absolute atomic E-state index is 13.9. The Hall–Kier alpha value is -3.98. The lowest BCUT2D eigenvalue weighted by molar-refractivity contribution is 0.0936. The highest BCUT2D eigenvalue weighted by molar-refractivity contribution is 7.13. The number of nitrogens with two attached hydrogens (primary N) is 1. The number of nitrogens with zero attached hydrogens (tertiary/aromatic N) is 3. The Morgan fingerprint density at radius 1 is 1.08 bits per heavy atom. The van der Waals surface area contributed by atoms with Gasteiger partial charge in [0.05, 0.1) is 6.54 Å². The smallest absolute Gasteiger partial charge is 0.408 e. The van der Waals surface area contributed by atoms with E-state index in [1.165, 1.54) is 16.2 Å². The van der Waals surface area contributed by atoms with Crippen molar-refractivity contribution in [2.24, 2.45) is 11.7 Å². The first-order chi connectivity index (χ1) is 17.9. The monoisotopic (exact) mass is 532 g/mol. The van der Waals surface area contributed by atoms with E-state index in [1.54, 1.807) is 16.0 Å². The van der Waals surface area contributed by atoms with Crippen molar-refractivity contribution >= 4 is 34.1 Å². The molecule has 2 heterocycles. The van der Waals surface area contributed by atoms with Gasteiger partial charge >= 0.3 is 6.09 Å². The van der Waals surface area contributed by atoms with Gasteiger partial charge in [0, 0.05) is 39.7 Å². The predicted octanol–water partition coefficient (Wildman–Crippen LogP) is 5.83. The van der Waals surface area contributed by atoms with Gasteiger partial charge in [0.1, 0.15) is 10.7 Å². The molecule has 2 aromatic carbocycles. The molecule has 0 saturated carbocycles. The third-order valence-corrected chi connectivity index (χ3v) is 7.23. The number of amides is 2. The third-order valence-electron chi connectivity index (χ3n) is 6.34. The van der Waals surface area contributed by atoms with Crippen molar-refractivity contribution in [3.8, 4) is 21.7 Å². The minimum Gasteiger partial charge on any atom is -0.465 e. The van der Waals surface area contributed by atoms with Gasteiger partial charge in [-0.05, 0) is 49.8 Å². The lowest BCUT2D eigenvalue weighted by Crippen LogP contribution is -2.45. The molecule has 0 bridgehead atoms. The van der Waals surface area contributed by atoms with Crippen molar-refractivity contribution in [1.29, 1.82) is 0 Å². The molecule has 0 radical (unpaired) electrons. The van der Waals surface area contributed by atoms with Crippen molar-refractivity contribution in [1.82, 2.24) is 14.5 Å². The molecule has 8 nitrogen and oxygen atoms in total. The first-order valence-electron chi connectivity index (χ1n) is 12.4. The summed E-state index contributed by atoms with van der Waals surface area (Å²) < 4.78 is 1.73. The summed E-state index contributed by atoms with van der Waals surface area (Å²) in [5.41, 5.74) is 7.77. The molecule has 2 aromatic heterocycles. The quantitative estimate of drug-likeness (QED) is 0.311. The van der Waals surface area contributed by atoms with E-state index in [2.05, 4.69) is 4.98 Å². The Morgan fingerprint density at radius 3 is 2.32 bits per heavy atom. The van der Waals surface area contributed by atoms with Crippen molar-refractivity contribution in [3.05, 3.63) is 75.7 Å². The molecule has 0 aliphatic heterocycles. The summed E-state index contributed by atoms with van der Waals surface area (Å²) in [5, 5.41) is 13.6. The van der Waals surface area contributed by atoms with Crippen LogP contribution in [0.25, 0.3) is 32.5 Å². The first-order valence-corrected chi connectivity index (χ1v) is 13.3. The summed E-state index contributed by atoms with van der Waals surface area (Å²) in [5.74, 6) is -0.449. The van der Waals surface area contributed by atoms with E-state index >= 15 is 0 Å². The van der Waals surface area contributed by atoms with Gasteiger partial charge in [-0.2, -0.15) is 0 Å². The number of pyridine rings is 1. The number of primary amides is 1. The van der Waals surface area contributed by atoms with Gasteiger partial charge in [0.15, 0.2) is 0 Å². The van der Waals surface area contributed by atoms with Gasteiger partial charge < -0.3 is 15.4 Å². The highest BCUT2D eigenvalue weighted by Crippen LogP contribution is 2.36. The maximum Gasteiger partial charge on any atom is 0.408 e. The maximum atomic E-state index is 13.9. The largest absolute Gasteiger partial charge is 0.465 e. The molecule has 2 amide bonds. The number of carboxylic acid groups (broad SMARTS) is 1. The second-order valence-corrected chi connectivity index (χ2v) is 11.6. The van der Waals surface area contributed by atoms with E-state index < -0.39 is 17.5 Å². The molecule has 0 atom stereocenters. The zero-order chi connectivity index (χ0) is 27.8. The fourth-order valence-electron chi connectivity index (χ4n) is 4.54. The van der Waals surface area contributed by atoms with Gasteiger partial charge in [0.2, 0.25) is 0 Å². The van der Waals surface area contributed by atoms with Gasteiger partial charge in [-0.3, -0.25) is 14.5 Å². The first kappa shape index (κ1) is 27.1. The van der Waals surface area contributed by atoms with E-state index in [-0.39, 0.29) is 23.7 Å². The standard InChI is InChI=1S/C29H32N4O4S/c1-17(2)14-32-23(15-33(28(36)37)29(3,4)5)24(18-9-7-6-8-10-18)21-13-19(11-12-20(21)27(32)35)26-31-22(16-38-26)25(30)34/h6-13,16-17H,14-15H2,1-5H3,(H2,30,34)(H,36,37). The van der Waals surface area contributed by atoms with Crippen LogP contribution >= 0.6 is 11.3 Å². The predicted molar refractivity (Wildman–Crippen MR) is 151 cm³/mol. The Morgan fingerprint density at radius 2 is 1.76 bits per heavy atom. The molecule has 0 unspecified atom stereocenters. The van der Waals surface area contributed by atoms with Crippen molar-refractivity contribution in [3.63, 3.8) is 0 Å². The van der Waals surface area contributed by atoms with E-state index in [0.29, 0.717) is 28.0 Å². The molecule has 4 rings (SSSR count). The fraction of sp³-hybridized carbons (Fsp3) is 0.310. The molecule has 0 spiro atoms. The number of thiazole rings is 1. The fourth-order valence-corrected chi connectivity index (χ4v) is 5.35. The highest BCUT2D eigenvalue weighted by atomic mass is 32.1. The summed E-state index contributed by atoms with van der Waals surface area (Å²) >= 11 is 1.30. The van der Waals surface area contributed by atoms with Crippen molar-refractivity contribution < 1.29 is 14.7 Å².